The van der Waals surface area contributed by atoms with E-state index in [2.05, 4.69) is 24.3 Å². The highest BCUT2D eigenvalue weighted by Crippen LogP contribution is 2.52. The Kier molecular flexibility index (Phi) is 5.49. The largest absolute Gasteiger partial charge is 0.496 e. The van der Waals surface area contributed by atoms with E-state index >= 15 is 0 Å². The number of fused-ring (bicyclic) bond motifs is 2. The Morgan fingerprint density at radius 2 is 1.90 bits per heavy atom. The number of nitrogens with zero attached hydrogens (tertiary/aromatic N) is 1. The zero-order valence-corrected chi connectivity index (χ0v) is 16.7. The van der Waals surface area contributed by atoms with Gasteiger partial charge in [0.1, 0.15) is 12.4 Å². The number of piperidine rings is 2. The number of halogens is 3. The van der Waals surface area contributed by atoms with Gasteiger partial charge in [-0.1, -0.05) is 36.4 Å². The number of alkyl halides is 3. The van der Waals surface area contributed by atoms with Crippen LogP contribution in [0.4, 0.5) is 13.2 Å². The molecular weight excluding hydrogens is 395 g/mol. The van der Waals surface area contributed by atoms with Crippen molar-refractivity contribution in [2.75, 3.05) is 20.3 Å². The molecule has 2 saturated heterocycles. The van der Waals surface area contributed by atoms with Crippen molar-refractivity contribution >= 4 is 5.91 Å². The zero-order chi connectivity index (χ0) is 21.4. The topological polar surface area (TPSA) is 38.8 Å². The van der Waals surface area contributed by atoms with Gasteiger partial charge in [0, 0.05) is 29.1 Å². The fraction of sp³-hybridized carbons (Fsp3) is 0.435. The van der Waals surface area contributed by atoms with Crippen LogP contribution in [0.15, 0.2) is 48.5 Å². The van der Waals surface area contributed by atoms with Crippen LogP contribution in [0, 0.1) is 0 Å². The standard InChI is InChI=1S/C23H24F3NO3/c1-29-20-11-16(7-8-17(20)14-30-15-23(24,25)26)21(28)27-10-9-22(12-19(27)13-22)18-5-3-2-4-6-18/h2-8,11,19H,9-10,12-15H2,1H3. The third-order valence-corrected chi connectivity index (χ3v) is 6.23. The van der Waals surface area contributed by atoms with Gasteiger partial charge in [0.25, 0.3) is 5.91 Å². The van der Waals surface area contributed by atoms with Gasteiger partial charge in [-0.15, -0.1) is 0 Å². The van der Waals surface area contributed by atoms with Crippen molar-refractivity contribution in [3.63, 3.8) is 0 Å². The predicted octanol–water partition coefficient (Wildman–Crippen LogP) is 4.72. The Balaban J connectivity index is 1.42. The van der Waals surface area contributed by atoms with Gasteiger partial charge in [0.15, 0.2) is 0 Å². The Hall–Kier alpha value is -2.54. The molecule has 3 aliphatic rings. The van der Waals surface area contributed by atoms with E-state index < -0.39 is 12.8 Å². The number of ether oxygens (including phenoxy) is 2. The smallest absolute Gasteiger partial charge is 0.411 e. The Labute approximate surface area is 173 Å². The summed E-state index contributed by atoms with van der Waals surface area (Å²) in [4.78, 5) is 15.0. The summed E-state index contributed by atoms with van der Waals surface area (Å²) in [6, 6.07) is 15.5. The van der Waals surface area contributed by atoms with Crippen LogP contribution in [0.2, 0.25) is 0 Å². The van der Waals surface area contributed by atoms with Gasteiger partial charge in [0.05, 0.1) is 13.7 Å². The molecule has 0 atom stereocenters. The van der Waals surface area contributed by atoms with E-state index in [4.69, 9.17) is 9.47 Å². The fourth-order valence-electron chi connectivity index (χ4n) is 4.66. The monoisotopic (exact) mass is 419 g/mol. The molecule has 2 aliphatic heterocycles. The minimum atomic E-state index is -4.38. The average Bonchev–Trinajstić information content (AvgIpc) is 2.72. The van der Waals surface area contributed by atoms with Crippen molar-refractivity contribution in [1.82, 2.24) is 4.90 Å². The maximum atomic E-state index is 13.1. The van der Waals surface area contributed by atoms with Gasteiger partial charge >= 0.3 is 6.18 Å². The number of amides is 1. The predicted molar refractivity (Wildman–Crippen MR) is 106 cm³/mol. The SMILES string of the molecule is COc1cc(C(=O)N2CCC3(c4ccccc4)CC2C3)ccc1COCC(F)(F)F. The maximum Gasteiger partial charge on any atom is 0.411 e. The second-order valence-electron chi connectivity index (χ2n) is 8.09. The van der Waals surface area contributed by atoms with Crippen LogP contribution in [-0.4, -0.2) is 43.3 Å². The second-order valence-corrected chi connectivity index (χ2v) is 8.09. The van der Waals surface area contributed by atoms with E-state index in [1.807, 2.05) is 11.0 Å². The lowest BCUT2D eigenvalue weighted by Gasteiger charge is -2.58. The molecule has 0 radical (unpaired) electrons. The lowest BCUT2D eigenvalue weighted by atomic mass is 9.57. The van der Waals surface area contributed by atoms with Gasteiger partial charge in [-0.3, -0.25) is 4.79 Å². The second kappa shape index (κ2) is 7.95. The quantitative estimate of drug-likeness (QED) is 0.680. The molecule has 4 nitrogen and oxygen atoms in total. The van der Waals surface area contributed by atoms with Crippen LogP contribution in [0.25, 0.3) is 0 Å². The molecule has 2 aromatic carbocycles. The lowest BCUT2D eigenvalue weighted by Crippen LogP contribution is -2.61. The van der Waals surface area contributed by atoms with E-state index in [0.29, 0.717) is 23.4 Å². The van der Waals surface area contributed by atoms with Crippen molar-refractivity contribution < 1.29 is 27.4 Å². The molecule has 0 N–H and O–H groups in total. The molecule has 2 heterocycles. The van der Waals surface area contributed by atoms with E-state index in [1.165, 1.54) is 12.7 Å². The molecule has 0 spiro atoms. The van der Waals surface area contributed by atoms with Crippen molar-refractivity contribution in [3.8, 4) is 5.75 Å². The normalized spacial score (nSPS) is 23.1. The van der Waals surface area contributed by atoms with E-state index in [1.54, 1.807) is 18.2 Å². The van der Waals surface area contributed by atoms with Crippen molar-refractivity contribution in [1.29, 1.82) is 0 Å². The number of carbonyl (C=O) groups excluding carboxylic acids is 1. The third kappa shape index (κ3) is 4.03. The zero-order valence-electron chi connectivity index (χ0n) is 16.7. The first-order chi connectivity index (χ1) is 14.3. The highest BCUT2D eigenvalue weighted by Gasteiger charge is 2.52. The molecule has 0 unspecified atom stereocenters. The first-order valence-electron chi connectivity index (χ1n) is 9.99. The van der Waals surface area contributed by atoms with E-state index in [9.17, 15) is 18.0 Å². The van der Waals surface area contributed by atoms with Crippen LogP contribution < -0.4 is 4.74 Å². The van der Waals surface area contributed by atoms with E-state index in [-0.39, 0.29) is 24.0 Å². The van der Waals surface area contributed by atoms with Crippen LogP contribution in [0.3, 0.4) is 0 Å². The first kappa shape index (κ1) is 20.7. The highest BCUT2D eigenvalue weighted by atomic mass is 19.4. The summed E-state index contributed by atoms with van der Waals surface area (Å²) in [5.74, 6) is 0.287. The number of carbonyl (C=O) groups is 1. The minimum absolute atomic E-state index is 0.0672. The molecule has 2 aromatic rings. The van der Waals surface area contributed by atoms with Crippen LogP contribution in [0.5, 0.6) is 5.75 Å². The molecule has 1 aliphatic carbocycles. The van der Waals surface area contributed by atoms with Crippen molar-refractivity contribution in [2.24, 2.45) is 0 Å². The number of rotatable bonds is 6. The Morgan fingerprint density at radius 1 is 1.17 bits per heavy atom. The molecular formula is C23H24F3NO3. The van der Waals surface area contributed by atoms with Gasteiger partial charge < -0.3 is 14.4 Å². The molecule has 2 bridgehead atoms. The summed E-state index contributed by atoms with van der Waals surface area (Å²) >= 11 is 0. The molecule has 1 saturated carbocycles. The number of hydrogen-bond acceptors (Lipinski definition) is 3. The van der Waals surface area contributed by atoms with Gasteiger partial charge in [-0.25, -0.2) is 0 Å². The van der Waals surface area contributed by atoms with Crippen LogP contribution in [-0.2, 0) is 16.8 Å². The van der Waals surface area contributed by atoms with Gasteiger partial charge in [0.2, 0.25) is 0 Å². The highest BCUT2D eigenvalue weighted by molar-refractivity contribution is 5.95. The minimum Gasteiger partial charge on any atom is -0.496 e. The summed E-state index contributed by atoms with van der Waals surface area (Å²) < 4.78 is 46.9. The Morgan fingerprint density at radius 3 is 2.50 bits per heavy atom. The summed E-state index contributed by atoms with van der Waals surface area (Å²) in [6.07, 6.45) is -1.53. The summed E-state index contributed by atoms with van der Waals surface area (Å²) in [7, 11) is 1.43. The lowest BCUT2D eigenvalue weighted by molar-refractivity contribution is -0.176. The number of methoxy groups -OCH3 is 1. The summed E-state index contributed by atoms with van der Waals surface area (Å²) in [6.45, 7) is -0.865. The molecule has 5 rings (SSSR count). The van der Waals surface area contributed by atoms with Crippen molar-refractivity contribution in [2.45, 2.75) is 43.5 Å². The average molecular weight is 419 g/mol. The molecule has 160 valence electrons. The summed E-state index contributed by atoms with van der Waals surface area (Å²) in [5.41, 5.74) is 2.48. The van der Waals surface area contributed by atoms with E-state index in [0.717, 1.165) is 19.3 Å². The molecule has 30 heavy (non-hydrogen) atoms. The molecule has 1 amide bonds. The first-order valence-corrected chi connectivity index (χ1v) is 9.99. The number of hydrogen-bond donors (Lipinski definition) is 0. The molecule has 0 aromatic heterocycles. The summed E-state index contributed by atoms with van der Waals surface area (Å²) in [5, 5.41) is 0. The maximum absolute atomic E-state index is 13.1. The molecule has 7 heteroatoms. The third-order valence-electron chi connectivity index (χ3n) is 6.23. The number of benzene rings is 2. The van der Waals surface area contributed by atoms with Gasteiger partial charge in [-0.05, 0) is 37.0 Å². The van der Waals surface area contributed by atoms with Gasteiger partial charge in [-0.2, -0.15) is 13.2 Å². The molecule has 3 fully saturated rings. The van der Waals surface area contributed by atoms with Crippen LogP contribution in [0.1, 0.15) is 40.7 Å². The Bertz CT molecular complexity index is 902. The fourth-order valence-corrected chi connectivity index (χ4v) is 4.66. The van der Waals surface area contributed by atoms with Crippen molar-refractivity contribution in [3.05, 3.63) is 65.2 Å². The van der Waals surface area contributed by atoms with Crippen LogP contribution >= 0.6 is 0 Å².